The summed E-state index contributed by atoms with van der Waals surface area (Å²) in [7, 11) is 0. The first kappa shape index (κ1) is 25.8. The number of carboxylic acids is 1. The van der Waals surface area contributed by atoms with Crippen LogP contribution in [0.3, 0.4) is 0 Å². The summed E-state index contributed by atoms with van der Waals surface area (Å²) in [5.74, 6) is -2.64. The second kappa shape index (κ2) is 10.0. The number of alkyl halides is 3. The third-order valence-electron chi connectivity index (χ3n) is 6.32. The van der Waals surface area contributed by atoms with Crippen molar-refractivity contribution in [1.82, 2.24) is 20.1 Å². The lowest BCUT2D eigenvalue weighted by Gasteiger charge is -2.45. The van der Waals surface area contributed by atoms with E-state index in [1.165, 1.54) is 30.5 Å². The van der Waals surface area contributed by atoms with E-state index in [1.54, 1.807) is 6.07 Å². The van der Waals surface area contributed by atoms with Crippen molar-refractivity contribution >= 4 is 29.2 Å². The summed E-state index contributed by atoms with van der Waals surface area (Å²) in [6.07, 6.45) is -4.92. The zero-order valence-electron chi connectivity index (χ0n) is 18.6. The number of likely N-dealkylation sites (tertiary alicyclic amines) is 1. The topological polar surface area (TPSA) is 94.1 Å². The van der Waals surface area contributed by atoms with E-state index in [-0.39, 0.29) is 35.1 Å². The monoisotopic (exact) mass is 529 g/mol. The molecule has 2 aromatic heterocycles. The van der Waals surface area contributed by atoms with Crippen molar-refractivity contribution in [3.05, 3.63) is 70.5 Å². The average molecular weight is 530 g/mol. The molecule has 13 heteroatoms. The summed E-state index contributed by atoms with van der Waals surface area (Å²) in [5, 5.41) is 19.1. The number of aromatic amines is 1. The maximum atomic E-state index is 14.6. The molecular weight excluding hydrogens is 509 g/mol. The summed E-state index contributed by atoms with van der Waals surface area (Å²) in [4.78, 5) is 17.4. The first-order chi connectivity index (χ1) is 17.0. The van der Waals surface area contributed by atoms with Crippen LogP contribution in [0.5, 0.6) is 0 Å². The molecule has 4 rings (SSSR count). The number of carbonyl (C=O) groups is 1. The van der Waals surface area contributed by atoms with E-state index < -0.39 is 54.6 Å². The van der Waals surface area contributed by atoms with Crippen LogP contribution in [-0.4, -0.2) is 49.9 Å². The number of nitrogens with zero attached hydrogens (tertiary/aromatic N) is 3. The van der Waals surface area contributed by atoms with Gasteiger partial charge in [-0.25, -0.2) is 13.8 Å². The molecule has 1 saturated heterocycles. The second-order valence-electron chi connectivity index (χ2n) is 8.67. The van der Waals surface area contributed by atoms with Gasteiger partial charge in [0.05, 0.1) is 16.1 Å². The minimum atomic E-state index is -4.81. The molecule has 1 aromatic carbocycles. The number of benzene rings is 1. The third-order valence-corrected chi connectivity index (χ3v) is 6.61. The molecule has 0 aliphatic carbocycles. The van der Waals surface area contributed by atoms with Crippen LogP contribution in [0.15, 0.2) is 42.6 Å². The van der Waals surface area contributed by atoms with Gasteiger partial charge >= 0.3 is 12.1 Å². The summed E-state index contributed by atoms with van der Waals surface area (Å²) >= 11 is 5.76. The number of anilines is 2. The van der Waals surface area contributed by atoms with E-state index in [0.29, 0.717) is 5.82 Å². The van der Waals surface area contributed by atoms with Crippen LogP contribution in [0.25, 0.3) is 0 Å². The number of H-pyrrole nitrogens is 1. The SMILES string of the molecule is O=C(O)C1(Cc2nc(Nc3cc[nH]n3)ccc2F)CCN(Cc2cccc(Cl)c2F)C(C(F)(F)F)C1. The zero-order valence-corrected chi connectivity index (χ0v) is 19.4. The number of hydrogen-bond donors (Lipinski definition) is 3. The summed E-state index contributed by atoms with van der Waals surface area (Å²) in [5.41, 5.74) is -2.26. The van der Waals surface area contributed by atoms with Crippen molar-refractivity contribution in [2.75, 3.05) is 11.9 Å². The van der Waals surface area contributed by atoms with Gasteiger partial charge in [0.25, 0.3) is 0 Å². The van der Waals surface area contributed by atoms with Crippen LogP contribution < -0.4 is 5.32 Å². The Kier molecular flexibility index (Phi) is 7.19. The lowest BCUT2D eigenvalue weighted by atomic mass is 9.71. The molecule has 3 aromatic rings. The number of piperidine rings is 1. The number of hydrogen-bond acceptors (Lipinski definition) is 5. The molecule has 2 unspecified atom stereocenters. The van der Waals surface area contributed by atoms with Gasteiger partial charge in [0.15, 0.2) is 5.82 Å². The minimum absolute atomic E-state index is 0.0376. The fourth-order valence-corrected chi connectivity index (χ4v) is 4.60. The van der Waals surface area contributed by atoms with Crippen molar-refractivity contribution in [3.63, 3.8) is 0 Å². The third kappa shape index (κ3) is 5.44. The Balaban J connectivity index is 1.61. The molecule has 0 bridgehead atoms. The van der Waals surface area contributed by atoms with Gasteiger partial charge in [0, 0.05) is 37.3 Å². The molecule has 0 spiro atoms. The highest BCUT2D eigenvalue weighted by Gasteiger charge is 2.54. The van der Waals surface area contributed by atoms with Crippen molar-refractivity contribution in [3.8, 4) is 0 Å². The van der Waals surface area contributed by atoms with E-state index in [0.717, 1.165) is 11.0 Å². The highest BCUT2D eigenvalue weighted by Crippen LogP contribution is 2.44. The van der Waals surface area contributed by atoms with Gasteiger partial charge in [-0.1, -0.05) is 23.7 Å². The molecule has 3 heterocycles. The number of carboxylic acid groups (broad SMARTS) is 1. The molecule has 192 valence electrons. The van der Waals surface area contributed by atoms with Crippen molar-refractivity contribution in [2.24, 2.45) is 5.41 Å². The molecule has 2 atom stereocenters. The van der Waals surface area contributed by atoms with Crippen LogP contribution >= 0.6 is 11.6 Å². The van der Waals surface area contributed by atoms with Gasteiger partial charge in [-0.05, 0) is 31.0 Å². The quantitative estimate of drug-likeness (QED) is 0.359. The Labute approximate surface area is 207 Å². The highest BCUT2D eigenvalue weighted by atomic mass is 35.5. The number of aromatic nitrogens is 3. The molecule has 1 aliphatic heterocycles. The Morgan fingerprint density at radius 2 is 2.00 bits per heavy atom. The van der Waals surface area contributed by atoms with Gasteiger partial charge in [-0.3, -0.25) is 14.8 Å². The summed E-state index contributed by atoms with van der Waals surface area (Å²) < 4.78 is 71.3. The van der Waals surface area contributed by atoms with E-state index in [9.17, 15) is 31.9 Å². The molecule has 36 heavy (non-hydrogen) atoms. The predicted molar refractivity (Wildman–Crippen MR) is 121 cm³/mol. The highest BCUT2D eigenvalue weighted by molar-refractivity contribution is 6.30. The fraction of sp³-hybridized carbons (Fsp3) is 0.348. The number of pyridine rings is 1. The Bertz CT molecular complexity index is 1240. The van der Waals surface area contributed by atoms with Crippen molar-refractivity contribution in [1.29, 1.82) is 0 Å². The van der Waals surface area contributed by atoms with Gasteiger partial charge in [0.2, 0.25) is 0 Å². The number of rotatable bonds is 7. The van der Waals surface area contributed by atoms with E-state index in [4.69, 9.17) is 11.6 Å². The Morgan fingerprint density at radius 1 is 1.22 bits per heavy atom. The summed E-state index contributed by atoms with van der Waals surface area (Å²) in [6.45, 7) is -0.725. The van der Waals surface area contributed by atoms with E-state index in [2.05, 4.69) is 20.5 Å². The Hall–Kier alpha value is -3.25. The first-order valence-electron chi connectivity index (χ1n) is 10.9. The summed E-state index contributed by atoms with van der Waals surface area (Å²) in [6, 6.07) is 5.78. The molecule has 3 N–H and O–H groups in total. The smallest absolute Gasteiger partial charge is 0.404 e. The average Bonchev–Trinajstić information content (AvgIpc) is 3.32. The van der Waals surface area contributed by atoms with Crippen molar-refractivity contribution in [2.45, 2.75) is 38.0 Å². The fourth-order valence-electron chi connectivity index (χ4n) is 4.41. The molecule has 0 radical (unpaired) electrons. The second-order valence-corrected chi connectivity index (χ2v) is 9.07. The lowest BCUT2D eigenvalue weighted by Crippen LogP contribution is -2.56. The van der Waals surface area contributed by atoms with Gasteiger partial charge in [-0.15, -0.1) is 0 Å². The number of nitrogens with one attached hydrogen (secondary N) is 2. The van der Waals surface area contributed by atoms with Gasteiger partial charge in [0.1, 0.15) is 23.5 Å². The maximum Gasteiger partial charge on any atom is 0.404 e. The molecule has 7 nitrogen and oxygen atoms in total. The Morgan fingerprint density at radius 3 is 2.67 bits per heavy atom. The van der Waals surface area contributed by atoms with E-state index >= 15 is 0 Å². The van der Waals surface area contributed by atoms with Crippen LogP contribution in [0.2, 0.25) is 5.02 Å². The predicted octanol–water partition coefficient (Wildman–Crippen LogP) is 5.32. The van der Waals surface area contributed by atoms with E-state index in [1.807, 2.05) is 0 Å². The van der Waals surface area contributed by atoms with Crippen molar-refractivity contribution < 1.29 is 31.9 Å². The molecular formula is C23H21ClF5N5O2. The molecule has 0 saturated carbocycles. The largest absolute Gasteiger partial charge is 0.481 e. The maximum absolute atomic E-state index is 14.6. The zero-order chi connectivity index (χ0) is 26.1. The first-order valence-corrected chi connectivity index (χ1v) is 11.3. The normalized spacial score (nSPS) is 20.9. The van der Waals surface area contributed by atoms with Crippen LogP contribution in [0.1, 0.15) is 24.1 Å². The van der Waals surface area contributed by atoms with Crippen LogP contribution in [-0.2, 0) is 17.8 Å². The molecule has 1 aliphatic rings. The lowest BCUT2D eigenvalue weighted by molar-refractivity contribution is -0.208. The number of aliphatic carboxylic acids is 1. The minimum Gasteiger partial charge on any atom is -0.481 e. The van der Waals surface area contributed by atoms with Gasteiger partial charge in [-0.2, -0.15) is 18.3 Å². The standard InChI is InChI=1S/C23H21ClF5N5O2/c24-14-3-1-2-13(20(14)26)12-34-9-7-22(21(35)36,11-17(34)23(27,28)29)10-16-15(25)4-5-18(31-16)32-19-6-8-30-33-19/h1-6,8,17H,7,9-12H2,(H,35,36)(H2,30,31,32,33). The molecule has 0 amide bonds. The number of halogens is 6. The van der Waals surface area contributed by atoms with Crippen LogP contribution in [0.4, 0.5) is 33.6 Å². The van der Waals surface area contributed by atoms with Gasteiger partial charge < -0.3 is 10.4 Å². The molecule has 1 fully saturated rings. The van der Waals surface area contributed by atoms with Crippen LogP contribution in [0, 0.1) is 17.0 Å².